The number of carbonyl (C=O) groups excluding carboxylic acids is 1. The quantitative estimate of drug-likeness (QED) is 0.675. The van der Waals surface area contributed by atoms with Gasteiger partial charge in [-0.05, 0) is 32.6 Å². The number of hydrogen-bond donors (Lipinski definition) is 1. The van der Waals surface area contributed by atoms with E-state index >= 15 is 0 Å². The van der Waals surface area contributed by atoms with Crippen LogP contribution in [0.2, 0.25) is 0 Å². The number of ketones is 1. The molecule has 2 aliphatic carbocycles. The summed E-state index contributed by atoms with van der Waals surface area (Å²) >= 11 is 9.78. The van der Waals surface area contributed by atoms with Crippen molar-refractivity contribution in [1.82, 2.24) is 10.1 Å². The summed E-state index contributed by atoms with van der Waals surface area (Å²) in [6.07, 6.45) is 2.65. The van der Waals surface area contributed by atoms with Crippen molar-refractivity contribution in [1.29, 1.82) is 0 Å². The number of aromatic amines is 1. The second-order valence-electron chi connectivity index (χ2n) is 6.78. The molecule has 0 spiro atoms. The van der Waals surface area contributed by atoms with Crippen LogP contribution in [0, 0.1) is 12.8 Å². The number of halogens is 2. The first-order valence-electron chi connectivity index (χ1n) is 8.55. The van der Waals surface area contributed by atoms with E-state index in [0.717, 1.165) is 17.3 Å². The standard InChI is InChI=1S/C18H16BrClN2O4S/c1-8-6-10(22-26-8)7-27(25)18-14(16(23)9-2-3-9)17(24)13-12(20)5-4-11(19)15(13)21-18/h6,9,21H,2-5,7H2,1H3. The van der Waals surface area contributed by atoms with Crippen LogP contribution in [0.15, 0.2) is 20.4 Å². The molecule has 2 heterocycles. The third-order valence-electron chi connectivity index (χ3n) is 4.65. The Morgan fingerprint density at radius 1 is 1.44 bits per heavy atom. The second-order valence-corrected chi connectivity index (χ2v) is 9.58. The van der Waals surface area contributed by atoms with Gasteiger partial charge in [0.05, 0.1) is 38.4 Å². The Balaban J connectivity index is 1.93. The van der Waals surface area contributed by atoms with Crippen LogP contribution < -0.4 is 16.0 Å². The monoisotopic (exact) mass is 470 g/mol. The molecule has 0 bridgehead atoms. The summed E-state index contributed by atoms with van der Waals surface area (Å²) in [5, 5.41) is 5.22. The van der Waals surface area contributed by atoms with Crippen molar-refractivity contribution in [3.05, 3.63) is 43.9 Å². The van der Waals surface area contributed by atoms with Crippen molar-refractivity contribution < 1.29 is 13.5 Å². The van der Waals surface area contributed by atoms with E-state index in [9.17, 15) is 13.8 Å². The fourth-order valence-electron chi connectivity index (χ4n) is 3.15. The molecule has 0 saturated heterocycles. The predicted molar refractivity (Wildman–Crippen MR) is 106 cm³/mol. The molecule has 2 aromatic heterocycles. The van der Waals surface area contributed by atoms with Crippen LogP contribution in [0.5, 0.6) is 0 Å². The topological polar surface area (TPSA) is 93.0 Å². The summed E-state index contributed by atoms with van der Waals surface area (Å²) in [6, 6.07) is 1.68. The van der Waals surface area contributed by atoms with Gasteiger partial charge in [-0.2, -0.15) is 0 Å². The van der Waals surface area contributed by atoms with Gasteiger partial charge in [-0.1, -0.05) is 32.7 Å². The largest absolute Gasteiger partial charge is 0.361 e. The molecule has 1 atom stereocenters. The first-order valence-corrected chi connectivity index (χ1v) is 11.0. The molecule has 0 aliphatic heterocycles. The van der Waals surface area contributed by atoms with Crippen molar-refractivity contribution in [3.63, 3.8) is 0 Å². The lowest BCUT2D eigenvalue weighted by Gasteiger charge is -2.13. The van der Waals surface area contributed by atoms with E-state index in [1.807, 2.05) is 0 Å². The molecule has 0 aromatic carbocycles. The number of nitrogens with one attached hydrogen (secondary N) is 1. The van der Waals surface area contributed by atoms with Gasteiger partial charge in [-0.3, -0.25) is 13.8 Å². The number of hydrogen-bond acceptors (Lipinski definition) is 5. The van der Waals surface area contributed by atoms with Crippen LogP contribution in [0.25, 0.3) is 9.51 Å². The summed E-state index contributed by atoms with van der Waals surface area (Å²) in [6.45, 7) is 1.74. The minimum absolute atomic E-state index is 0.0323. The fraction of sp³-hybridized carbons (Fsp3) is 0.389. The number of fused-ring (bicyclic) bond motifs is 1. The molecule has 1 fully saturated rings. The fourth-order valence-corrected chi connectivity index (χ4v) is 5.10. The van der Waals surface area contributed by atoms with Crippen molar-refractivity contribution >= 4 is 53.6 Å². The third-order valence-corrected chi connectivity index (χ3v) is 7.14. The highest BCUT2D eigenvalue weighted by molar-refractivity contribution is 9.14. The van der Waals surface area contributed by atoms with Gasteiger partial charge in [0.15, 0.2) is 5.78 Å². The summed E-state index contributed by atoms with van der Waals surface area (Å²) in [7, 11) is -1.66. The molecule has 9 heteroatoms. The van der Waals surface area contributed by atoms with E-state index < -0.39 is 16.2 Å². The van der Waals surface area contributed by atoms with Crippen molar-refractivity contribution in [2.45, 2.75) is 43.4 Å². The lowest BCUT2D eigenvalue weighted by atomic mass is 10.0. The third kappa shape index (κ3) is 3.50. The summed E-state index contributed by atoms with van der Waals surface area (Å²) < 4.78 is 18.9. The van der Waals surface area contributed by atoms with Crippen molar-refractivity contribution in [2.75, 3.05) is 0 Å². The van der Waals surface area contributed by atoms with E-state index in [4.69, 9.17) is 16.1 Å². The second kappa shape index (κ2) is 7.14. The number of aromatic nitrogens is 2. The van der Waals surface area contributed by atoms with Crippen LogP contribution in [-0.2, 0) is 16.6 Å². The van der Waals surface area contributed by atoms with E-state index in [2.05, 4.69) is 26.1 Å². The average Bonchev–Trinajstić information content (AvgIpc) is 3.40. The Morgan fingerprint density at radius 2 is 2.19 bits per heavy atom. The smallest absolute Gasteiger partial charge is 0.202 e. The molecule has 1 unspecified atom stereocenters. The number of carbonyl (C=O) groups is 1. The number of H-pyrrole nitrogens is 1. The summed E-state index contributed by atoms with van der Waals surface area (Å²) in [5.74, 6) is 0.216. The SMILES string of the molecule is Cc1cc(CS(=O)c2[nH]c3c(c(=O)c2C(=O)C2CC2)=C(Cl)CCC=3Br)no1. The number of pyridine rings is 1. The molecule has 27 heavy (non-hydrogen) atoms. The lowest BCUT2D eigenvalue weighted by molar-refractivity contribution is 0.0962. The molecule has 2 aromatic rings. The van der Waals surface area contributed by atoms with Gasteiger partial charge in [0, 0.05) is 21.5 Å². The molecule has 4 rings (SSSR count). The number of Topliss-reactive ketones (excluding diaryl/α,β-unsaturated/α-hetero) is 1. The lowest BCUT2D eigenvalue weighted by Crippen LogP contribution is -2.48. The van der Waals surface area contributed by atoms with Gasteiger partial charge in [0.2, 0.25) is 5.43 Å². The van der Waals surface area contributed by atoms with Crippen LogP contribution in [0.1, 0.15) is 47.5 Å². The maximum absolute atomic E-state index is 13.2. The highest BCUT2D eigenvalue weighted by atomic mass is 79.9. The van der Waals surface area contributed by atoms with Crippen LogP contribution >= 0.6 is 27.5 Å². The van der Waals surface area contributed by atoms with Gasteiger partial charge in [-0.25, -0.2) is 0 Å². The van der Waals surface area contributed by atoms with Crippen LogP contribution in [-0.4, -0.2) is 20.1 Å². The Kier molecular flexibility index (Phi) is 4.98. The van der Waals surface area contributed by atoms with E-state index in [1.165, 1.54) is 0 Å². The molecule has 6 nitrogen and oxygen atoms in total. The maximum Gasteiger partial charge on any atom is 0.202 e. The molecular weight excluding hydrogens is 456 g/mol. The van der Waals surface area contributed by atoms with Gasteiger partial charge < -0.3 is 9.51 Å². The molecular formula is C18H16BrClN2O4S. The molecule has 0 radical (unpaired) electrons. The molecule has 0 amide bonds. The molecule has 1 saturated carbocycles. The summed E-state index contributed by atoms with van der Waals surface area (Å²) in [5.41, 5.74) is 0.0268. The van der Waals surface area contributed by atoms with Crippen LogP contribution in [0.3, 0.4) is 0 Å². The van der Waals surface area contributed by atoms with E-state index in [0.29, 0.717) is 39.9 Å². The number of aryl methyl sites for hydroxylation is 1. The van der Waals surface area contributed by atoms with Gasteiger partial charge in [0.25, 0.3) is 0 Å². The highest BCUT2D eigenvalue weighted by Gasteiger charge is 2.35. The molecule has 2 aliphatic rings. The molecule has 1 N–H and O–H groups in total. The Hall–Kier alpha value is -1.51. The Bertz CT molecular complexity index is 1160. The first kappa shape index (κ1) is 18.8. The van der Waals surface area contributed by atoms with Crippen LogP contribution in [0.4, 0.5) is 0 Å². The number of nitrogens with zero attached hydrogens (tertiary/aromatic N) is 1. The zero-order chi connectivity index (χ0) is 19.3. The van der Waals surface area contributed by atoms with Crippen molar-refractivity contribution in [2.24, 2.45) is 5.92 Å². The zero-order valence-electron chi connectivity index (χ0n) is 14.4. The van der Waals surface area contributed by atoms with Gasteiger partial charge >= 0.3 is 0 Å². The predicted octanol–water partition coefficient (Wildman–Crippen LogP) is 2.22. The first-order chi connectivity index (χ1) is 12.9. The van der Waals surface area contributed by atoms with Gasteiger partial charge in [-0.15, -0.1) is 0 Å². The maximum atomic E-state index is 13.2. The normalized spacial score (nSPS) is 17.7. The van der Waals surface area contributed by atoms with E-state index in [-0.39, 0.29) is 28.0 Å². The average molecular weight is 472 g/mol. The van der Waals surface area contributed by atoms with Crippen molar-refractivity contribution in [3.8, 4) is 0 Å². The van der Waals surface area contributed by atoms with E-state index in [1.54, 1.807) is 13.0 Å². The Labute approximate surface area is 170 Å². The number of rotatable bonds is 5. The van der Waals surface area contributed by atoms with Gasteiger partial charge in [0.1, 0.15) is 10.8 Å². The minimum atomic E-state index is -1.66. The zero-order valence-corrected chi connectivity index (χ0v) is 17.6. The molecule has 142 valence electrons. The summed E-state index contributed by atoms with van der Waals surface area (Å²) in [4.78, 5) is 29.1. The Morgan fingerprint density at radius 3 is 2.81 bits per heavy atom. The minimum Gasteiger partial charge on any atom is -0.361 e. The highest BCUT2D eigenvalue weighted by Crippen LogP contribution is 2.33.